The maximum absolute atomic E-state index is 12.5. The van der Waals surface area contributed by atoms with Crippen LogP contribution in [0.2, 0.25) is 10.0 Å². The lowest BCUT2D eigenvalue weighted by atomic mass is 10.2. The van der Waals surface area contributed by atoms with Crippen molar-refractivity contribution in [2.75, 3.05) is 18.2 Å². The number of nitrogens with zero attached hydrogens (tertiary/aromatic N) is 3. The quantitative estimate of drug-likeness (QED) is 0.452. The van der Waals surface area contributed by atoms with Crippen LogP contribution in [-0.4, -0.2) is 39.4 Å². The van der Waals surface area contributed by atoms with Gasteiger partial charge in [-0.15, -0.1) is 10.2 Å². The van der Waals surface area contributed by atoms with Crippen LogP contribution in [0.5, 0.6) is 5.75 Å². The number of rotatable bonds is 8. The van der Waals surface area contributed by atoms with Gasteiger partial charge in [0.05, 0.1) is 28.9 Å². The number of benzene rings is 2. The Morgan fingerprint density at radius 3 is 2.50 bits per heavy atom. The summed E-state index contributed by atoms with van der Waals surface area (Å²) in [6.07, 6.45) is 0. The molecule has 3 aromatic rings. The number of halogens is 2. The molecule has 0 aliphatic rings. The predicted octanol–water partition coefficient (Wildman–Crippen LogP) is 4.35. The van der Waals surface area contributed by atoms with Gasteiger partial charge in [0.2, 0.25) is 5.91 Å². The van der Waals surface area contributed by atoms with Gasteiger partial charge in [0.1, 0.15) is 5.75 Å². The molecule has 1 aromatic heterocycles. The van der Waals surface area contributed by atoms with Gasteiger partial charge in [-0.25, -0.2) is 0 Å². The van der Waals surface area contributed by atoms with Gasteiger partial charge in [-0.1, -0.05) is 35.0 Å². The minimum absolute atomic E-state index is 0.124. The molecule has 1 atom stereocenters. The van der Waals surface area contributed by atoms with E-state index >= 15 is 0 Å². The standard InChI is InChI=1S/C21H21Cl2N5O3S/c1-12(24-20(30)13-4-7-15(31-3)8-5-13)19-26-27-21(28(19)2)32-11-18(29)25-14-6-9-16(22)17(23)10-14/h4-10,12H,11H2,1-3H3,(H,24,30)(H,25,29). The highest BCUT2D eigenvalue weighted by atomic mass is 35.5. The summed E-state index contributed by atoms with van der Waals surface area (Å²) in [6, 6.07) is 11.3. The Hall–Kier alpha value is -2.75. The number of carbonyl (C=O) groups excluding carboxylic acids is 2. The number of thioether (sulfide) groups is 1. The Balaban J connectivity index is 1.57. The topological polar surface area (TPSA) is 98.1 Å². The summed E-state index contributed by atoms with van der Waals surface area (Å²) in [5, 5.41) is 15.3. The van der Waals surface area contributed by atoms with Gasteiger partial charge < -0.3 is 19.9 Å². The molecule has 1 heterocycles. The van der Waals surface area contributed by atoms with Crippen LogP contribution in [0.25, 0.3) is 0 Å². The van der Waals surface area contributed by atoms with Crippen LogP contribution in [0.3, 0.4) is 0 Å². The van der Waals surface area contributed by atoms with Crippen molar-refractivity contribution in [3.8, 4) is 5.75 Å². The lowest BCUT2D eigenvalue weighted by Crippen LogP contribution is -2.28. The van der Waals surface area contributed by atoms with Crippen LogP contribution in [0.4, 0.5) is 5.69 Å². The molecule has 2 amide bonds. The molecule has 0 saturated carbocycles. The van der Waals surface area contributed by atoms with E-state index in [1.165, 1.54) is 11.8 Å². The molecule has 11 heteroatoms. The second kappa shape index (κ2) is 10.7. The molecule has 0 spiro atoms. The third kappa shape index (κ3) is 5.93. The van der Waals surface area contributed by atoms with Crippen molar-refractivity contribution in [3.63, 3.8) is 0 Å². The van der Waals surface area contributed by atoms with E-state index in [9.17, 15) is 9.59 Å². The number of hydrogen-bond acceptors (Lipinski definition) is 6. The zero-order valence-corrected chi connectivity index (χ0v) is 19.9. The second-order valence-corrected chi connectivity index (χ2v) is 8.55. The van der Waals surface area contributed by atoms with E-state index in [0.717, 1.165) is 0 Å². The summed E-state index contributed by atoms with van der Waals surface area (Å²) in [5.41, 5.74) is 1.06. The van der Waals surface area contributed by atoms with Crippen molar-refractivity contribution in [1.29, 1.82) is 0 Å². The average molecular weight is 494 g/mol. The highest BCUT2D eigenvalue weighted by molar-refractivity contribution is 7.99. The number of ether oxygens (including phenoxy) is 1. The normalized spacial score (nSPS) is 11.7. The van der Waals surface area contributed by atoms with Gasteiger partial charge in [0.15, 0.2) is 11.0 Å². The molecule has 3 rings (SSSR count). The minimum Gasteiger partial charge on any atom is -0.497 e. The smallest absolute Gasteiger partial charge is 0.251 e. The molecule has 0 aliphatic carbocycles. The maximum Gasteiger partial charge on any atom is 0.251 e. The third-order valence-electron chi connectivity index (χ3n) is 4.49. The van der Waals surface area contributed by atoms with Crippen molar-refractivity contribution in [1.82, 2.24) is 20.1 Å². The van der Waals surface area contributed by atoms with Crippen LogP contribution < -0.4 is 15.4 Å². The van der Waals surface area contributed by atoms with E-state index < -0.39 is 0 Å². The number of carbonyl (C=O) groups is 2. The molecule has 0 aliphatic heterocycles. The van der Waals surface area contributed by atoms with Crippen molar-refractivity contribution in [2.24, 2.45) is 7.05 Å². The molecule has 0 radical (unpaired) electrons. The van der Waals surface area contributed by atoms with Crippen LogP contribution >= 0.6 is 35.0 Å². The number of anilines is 1. The molecule has 168 valence electrons. The zero-order chi connectivity index (χ0) is 23.3. The van der Waals surface area contributed by atoms with Gasteiger partial charge in [-0.2, -0.15) is 0 Å². The van der Waals surface area contributed by atoms with E-state index in [1.807, 2.05) is 6.92 Å². The summed E-state index contributed by atoms with van der Waals surface area (Å²) in [5.74, 6) is 0.905. The lowest BCUT2D eigenvalue weighted by molar-refractivity contribution is -0.113. The third-order valence-corrected chi connectivity index (χ3v) is 6.25. The van der Waals surface area contributed by atoms with Gasteiger partial charge in [-0.3, -0.25) is 9.59 Å². The van der Waals surface area contributed by atoms with E-state index in [1.54, 1.807) is 61.2 Å². The van der Waals surface area contributed by atoms with Crippen molar-refractivity contribution >= 4 is 52.5 Å². The molecular formula is C21H21Cl2N5O3S. The summed E-state index contributed by atoms with van der Waals surface area (Å²) < 4.78 is 6.85. The Labute approximate surface area is 199 Å². The summed E-state index contributed by atoms with van der Waals surface area (Å²) >= 11 is 13.1. The zero-order valence-electron chi connectivity index (χ0n) is 17.6. The van der Waals surface area contributed by atoms with Gasteiger partial charge in [0.25, 0.3) is 5.91 Å². The number of methoxy groups -OCH3 is 1. The first-order valence-electron chi connectivity index (χ1n) is 9.50. The van der Waals surface area contributed by atoms with Gasteiger partial charge in [0, 0.05) is 18.3 Å². The molecule has 1 unspecified atom stereocenters. The van der Waals surface area contributed by atoms with E-state index in [-0.39, 0.29) is 23.6 Å². The van der Waals surface area contributed by atoms with Crippen molar-refractivity contribution in [2.45, 2.75) is 18.1 Å². The van der Waals surface area contributed by atoms with Crippen LogP contribution in [0.15, 0.2) is 47.6 Å². The van der Waals surface area contributed by atoms with Crippen LogP contribution in [0, 0.1) is 0 Å². The first-order chi connectivity index (χ1) is 15.3. The maximum atomic E-state index is 12.5. The molecular weight excluding hydrogens is 473 g/mol. The molecule has 0 bridgehead atoms. The number of hydrogen-bond donors (Lipinski definition) is 2. The average Bonchev–Trinajstić information content (AvgIpc) is 3.15. The fourth-order valence-corrected chi connectivity index (χ4v) is 3.83. The first kappa shape index (κ1) is 23.9. The SMILES string of the molecule is COc1ccc(C(=O)NC(C)c2nnc(SCC(=O)Nc3ccc(Cl)c(Cl)c3)n2C)cc1. The van der Waals surface area contributed by atoms with E-state index in [2.05, 4.69) is 20.8 Å². The highest BCUT2D eigenvalue weighted by Crippen LogP contribution is 2.25. The molecule has 0 fully saturated rings. The van der Waals surface area contributed by atoms with Crippen molar-refractivity contribution < 1.29 is 14.3 Å². The van der Waals surface area contributed by atoms with E-state index in [4.69, 9.17) is 27.9 Å². The van der Waals surface area contributed by atoms with Crippen LogP contribution in [0.1, 0.15) is 29.1 Å². The molecule has 2 N–H and O–H groups in total. The van der Waals surface area contributed by atoms with Crippen molar-refractivity contribution in [3.05, 3.63) is 63.9 Å². The fourth-order valence-electron chi connectivity index (χ4n) is 2.82. The summed E-state index contributed by atoms with van der Waals surface area (Å²) in [7, 11) is 3.35. The lowest BCUT2D eigenvalue weighted by Gasteiger charge is -2.14. The Morgan fingerprint density at radius 2 is 1.84 bits per heavy atom. The van der Waals surface area contributed by atoms with Crippen LogP contribution in [-0.2, 0) is 11.8 Å². The Kier molecular flexibility index (Phi) is 8.00. The summed E-state index contributed by atoms with van der Waals surface area (Å²) in [4.78, 5) is 24.7. The molecule has 8 nitrogen and oxygen atoms in total. The highest BCUT2D eigenvalue weighted by Gasteiger charge is 2.19. The number of aromatic nitrogens is 3. The summed E-state index contributed by atoms with van der Waals surface area (Å²) in [6.45, 7) is 1.82. The Bertz CT molecular complexity index is 1120. The van der Waals surface area contributed by atoms with Gasteiger partial charge >= 0.3 is 0 Å². The first-order valence-corrected chi connectivity index (χ1v) is 11.2. The monoisotopic (exact) mass is 493 g/mol. The number of nitrogens with one attached hydrogen (secondary N) is 2. The second-order valence-electron chi connectivity index (χ2n) is 6.79. The van der Waals surface area contributed by atoms with Gasteiger partial charge in [-0.05, 0) is 49.4 Å². The van der Waals surface area contributed by atoms with E-state index in [0.29, 0.717) is 38.0 Å². The minimum atomic E-state index is -0.388. The fraction of sp³-hybridized carbons (Fsp3) is 0.238. The number of amides is 2. The largest absolute Gasteiger partial charge is 0.497 e. The molecule has 0 saturated heterocycles. The Morgan fingerprint density at radius 1 is 1.12 bits per heavy atom. The molecule has 32 heavy (non-hydrogen) atoms. The predicted molar refractivity (Wildman–Crippen MR) is 126 cm³/mol. The molecule has 2 aromatic carbocycles.